The summed E-state index contributed by atoms with van der Waals surface area (Å²) >= 11 is 0. The van der Waals surface area contributed by atoms with Crippen LogP contribution in [0.4, 0.5) is 5.69 Å². The average molecular weight is 511 g/mol. The Morgan fingerprint density at radius 2 is 1.84 bits per heavy atom. The molecule has 37 heavy (non-hydrogen) atoms. The lowest BCUT2D eigenvalue weighted by molar-refractivity contribution is -0.189. The number of fused-ring (bicyclic) bond motifs is 3. The monoisotopic (exact) mass is 510 g/mol. The maximum Gasteiger partial charge on any atom is 0.235 e. The van der Waals surface area contributed by atoms with Gasteiger partial charge in [0.05, 0.1) is 11.5 Å². The number of rotatable bonds is 5. The molecule has 9 heteroatoms. The number of carbonyl (C=O) groups excluding carboxylic acids is 5. The summed E-state index contributed by atoms with van der Waals surface area (Å²) in [5.74, 6) is -8.99. The molecule has 0 bridgehead atoms. The lowest BCUT2D eigenvalue weighted by Crippen LogP contribution is -2.72. The number of benzene rings is 1. The molecule has 1 amide bonds. The normalized spacial score (nSPS) is 38.5. The number of nitrogens with two attached hydrogens (primary N) is 1. The van der Waals surface area contributed by atoms with E-state index in [-0.39, 0.29) is 23.7 Å². The van der Waals surface area contributed by atoms with Gasteiger partial charge in [-0.3, -0.25) is 24.0 Å². The molecule has 1 aromatic carbocycles. The van der Waals surface area contributed by atoms with Gasteiger partial charge in [-0.15, -0.1) is 0 Å². The Morgan fingerprint density at radius 3 is 2.35 bits per heavy atom. The van der Waals surface area contributed by atoms with Gasteiger partial charge in [-0.05, 0) is 60.6 Å². The SMILES string of the molecule is CCC1(C2C(=O)C(C(N)=O)C(=O)C3(OC)C(=O)C4C(=O)c5c(O)ccc(N(C)C)c5CC4CC23)CC1C. The molecule has 0 heterocycles. The van der Waals surface area contributed by atoms with Gasteiger partial charge in [-0.25, -0.2) is 0 Å². The highest BCUT2D eigenvalue weighted by Gasteiger charge is 2.74. The van der Waals surface area contributed by atoms with Crippen molar-refractivity contribution in [3.8, 4) is 5.75 Å². The van der Waals surface area contributed by atoms with E-state index >= 15 is 0 Å². The molecular formula is C28H34N2O7. The summed E-state index contributed by atoms with van der Waals surface area (Å²) in [6.45, 7) is 4.00. The van der Waals surface area contributed by atoms with E-state index in [1.165, 1.54) is 13.2 Å². The Hall–Kier alpha value is -3.07. The Balaban J connectivity index is 1.71. The first-order chi connectivity index (χ1) is 17.4. The van der Waals surface area contributed by atoms with E-state index in [1.807, 2.05) is 32.8 Å². The Kier molecular flexibility index (Phi) is 5.68. The number of Topliss-reactive ketones (excluding diaryl/α,β-unsaturated/α-hetero) is 4. The summed E-state index contributed by atoms with van der Waals surface area (Å²) in [5.41, 5.74) is 4.48. The Morgan fingerprint density at radius 1 is 1.19 bits per heavy atom. The number of phenols is 1. The first kappa shape index (κ1) is 25.6. The van der Waals surface area contributed by atoms with E-state index < -0.39 is 69.6 Å². The van der Waals surface area contributed by atoms with Crippen LogP contribution in [0.25, 0.3) is 0 Å². The molecule has 0 saturated heterocycles. The predicted octanol–water partition coefficient (Wildman–Crippen LogP) is 1.71. The standard InChI is InChI=1S/C28H34N2O7/c1-6-27(11-12(27)2)21-15-10-13-9-14-16(30(3)4)7-8-17(31)19(14)22(32)18(13)24(34)28(15,37-5)25(35)20(23(21)33)26(29)36/h7-8,12-13,15,18,20-21,31H,6,9-11H2,1-5H3,(H2,29,36). The van der Waals surface area contributed by atoms with Gasteiger partial charge >= 0.3 is 0 Å². The molecule has 0 spiro atoms. The zero-order valence-corrected chi connectivity index (χ0v) is 21.9. The molecule has 1 aromatic rings. The highest BCUT2D eigenvalue weighted by molar-refractivity contribution is 6.32. The number of hydrogen-bond donors (Lipinski definition) is 2. The Bertz CT molecular complexity index is 1250. The van der Waals surface area contributed by atoms with Crippen molar-refractivity contribution >= 4 is 34.7 Å². The first-order valence-corrected chi connectivity index (χ1v) is 12.9. The van der Waals surface area contributed by atoms with Crippen LogP contribution >= 0.6 is 0 Å². The number of carbonyl (C=O) groups is 5. The fourth-order valence-corrected chi connectivity index (χ4v) is 8.09. The first-order valence-electron chi connectivity index (χ1n) is 12.9. The number of anilines is 1. The molecule has 0 aromatic heterocycles. The van der Waals surface area contributed by atoms with E-state index in [9.17, 15) is 29.1 Å². The molecule has 3 saturated carbocycles. The van der Waals surface area contributed by atoms with Crippen LogP contribution in [0, 0.1) is 40.9 Å². The van der Waals surface area contributed by atoms with Gasteiger partial charge in [-0.1, -0.05) is 13.8 Å². The molecule has 8 unspecified atom stereocenters. The highest BCUT2D eigenvalue weighted by atomic mass is 16.5. The van der Waals surface area contributed by atoms with Gasteiger partial charge in [-0.2, -0.15) is 0 Å². The van der Waals surface area contributed by atoms with Crippen molar-refractivity contribution in [2.24, 2.45) is 46.7 Å². The molecule has 0 radical (unpaired) electrons. The van der Waals surface area contributed by atoms with Crippen LogP contribution in [0.5, 0.6) is 5.75 Å². The van der Waals surface area contributed by atoms with E-state index in [4.69, 9.17) is 10.5 Å². The molecular weight excluding hydrogens is 476 g/mol. The van der Waals surface area contributed by atoms with Crippen LogP contribution in [-0.4, -0.2) is 61.0 Å². The summed E-state index contributed by atoms with van der Waals surface area (Å²) in [6, 6.07) is 3.16. The van der Waals surface area contributed by atoms with Crippen LogP contribution in [0.2, 0.25) is 0 Å². The van der Waals surface area contributed by atoms with E-state index in [0.717, 1.165) is 12.1 Å². The van der Waals surface area contributed by atoms with Crippen LogP contribution in [-0.2, 0) is 30.3 Å². The third-order valence-electron chi connectivity index (χ3n) is 9.96. The number of amides is 1. The lowest BCUT2D eigenvalue weighted by Gasteiger charge is -2.54. The van der Waals surface area contributed by atoms with Crippen LogP contribution < -0.4 is 10.6 Å². The number of ketones is 4. The minimum atomic E-state index is -2.12. The average Bonchev–Trinajstić information content (AvgIpc) is 3.49. The van der Waals surface area contributed by atoms with Crippen molar-refractivity contribution in [1.29, 1.82) is 0 Å². The van der Waals surface area contributed by atoms with Crippen molar-refractivity contribution in [2.75, 3.05) is 26.1 Å². The third-order valence-corrected chi connectivity index (χ3v) is 9.96. The van der Waals surface area contributed by atoms with Crippen molar-refractivity contribution in [3.63, 3.8) is 0 Å². The predicted molar refractivity (Wildman–Crippen MR) is 133 cm³/mol. The molecule has 198 valence electrons. The summed E-state index contributed by atoms with van der Waals surface area (Å²) in [7, 11) is 4.90. The quantitative estimate of drug-likeness (QED) is 0.570. The number of methoxy groups -OCH3 is 1. The summed E-state index contributed by atoms with van der Waals surface area (Å²) < 4.78 is 5.76. The number of nitrogens with zero attached hydrogens (tertiary/aromatic N) is 1. The zero-order valence-electron chi connectivity index (χ0n) is 21.9. The van der Waals surface area contributed by atoms with Gasteiger partial charge in [0, 0.05) is 38.7 Å². The van der Waals surface area contributed by atoms with Crippen LogP contribution in [0.3, 0.4) is 0 Å². The second kappa shape index (κ2) is 8.21. The highest BCUT2D eigenvalue weighted by Crippen LogP contribution is 2.67. The number of aromatic hydroxyl groups is 1. The largest absolute Gasteiger partial charge is 0.507 e. The van der Waals surface area contributed by atoms with Crippen molar-refractivity contribution in [2.45, 2.75) is 45.1 Å². The lowest BCUT2D eigenvalue weighted by atomic mass is 9.48. The number of hydrogen-bond acceptors (Lipinski definition) is 8. The number of phenolic OH excluding ortho intramolecular Hbond substituents is 1. The number of ether oxygens (including phenoxy) is 1. The van der Waals surface area contributed by atoms with E-state index in [2.05, 4.69) is 0 Å². The third kappa shape index (κ3) is 3.09. The fraction of sp³-hybridized carbons (Fsp3) is 0.607. The maximum atomic E-state index is 14.3. The number of primary amides is 1. The molecule has 0 aliphatic heterocycles. The topological polar surface area (TPSA) is 144 Å². The van der Waals surface area contributed by atoms with Crippen molar-refractivity contribution in [1.82, 2.24) is 0 Å². The zero-order chi connectivity index (χ0) is 27.2. The minimum absolute atomic E-state index is 0.0775. The summed E-state index contributed by atoms with van der Waals surface area (Å²) in [5, 5.41) is 10.6. The second-order valence-corrected chi connectivity index (χ2v) is 11.6. The molecule has 4 aliphatic carbocycles. The van der Waals surface area contributed by atoms with Crippen molar-refractivity contribution < 1.29 is 33.8 Å². The maximum absolute atomic E-state index is 14.3. The summed E-state index contributed by atoms with van der Waals surface area (Å²) in [6.07, 6.45) is 1.95. The molecule has 3 N–H and O–H groups in total. The van der Waals surface area contributed by atoms with Gasteiger partial charge in [0.1, 0.15) is 5.75 Å². The van der Waals surface area contributed by atoms with Crippen LogP contribution in [0.15, 0.2) is 12.1 Å². The smallest absolute Gasteiger partial charge is 0.235 e. The van der Waals surface area contributed by atoms with Gasteiger partial charge < -0.3 is 20.5 Å². The van der Waals surface area contributed by atoms with Gasteiger partial charge in [0.2, 0.25) is 5.91 Å². The van der Waals surface area contributed by atoms with E-state index in [1.54, 1.807) is 6.07 Å². The Labute approximate surface area is 215 Å². The molecule has 9 nitrogen and oxygen atoms in total. The summed E-state index contributed by atoms with van der Waals surface area (Å²) in [4.78, 5) is 70.1. The molecule has 8 atom stereocenters. The van der Waals surface area contributed by atoms with Crippen LogP contribution in [0.1, 0.15) is 49.0 Å². The minimum Gasteiger partial charge on any atom is -0.507 e. The fourth-order valence-electron chi connectivity index (χ4n) is 8.09. The van der Waals surface area contributed by atoms with Crippen molar-refractivity contribution in [3.05, 3.63) is 23.3 Å². The molecule has 3 fully saturated rings. The van der Waals surface area contributed by atoms with Gasteiger partial charge in [0.15, 0.2) is 34.7 Å². The van der Waals surface area contributed by atoms with E-state index in [0.29, 0.717) is 18.4 Å². The van der Waals surface area contributed by atoms with Gasteiger partial charge in [0.25, 0.3) is 0 Å². The molecule has 4 aliphatic rings. The molecule has 5 rings (SSSR count). The second-order valence-electron chi connectivity index (χ2n) is 11.6.